The van der Waals surface area contributed by atoms with Gasteiger partial charge in [-0.25, -0.2) is 10.9 Å². The Balaban J connectivity index is 1.22. The molecule has 0 atom stereocenters. The first kappa shape index (κ1) is 23.8. The Morgan fingerprint density at radius 2 is 1.00 bits per heavy atom. The Morgan fingerprint density at radius 3 is 1.43 bits per heavy atom. The summed E-state index contributed by atoms with van der Waals surface area (Å²) in [4.78, 5) is 24.3. The van der Waals surface area contributed by atoms with Gasteiger partial charge in [0, 0.05) is 12.8 Å². The average molecular weight is 465 g/mol. The van der Waals surface area contributed by atoms with Gasteiger partial charge in [0.25, 0.3) is 0 Å². The third-order valence-corrected chi connectivity index (χ3v) is 5.84. The number of amides is 2. The summed E-state index contributed by atoms with van der Waals surface area (Å²) in [5.74, 6) is -0.456. The SMILES string of the molecule is CC(=NNC(=O)CCCC(=O)NN=C(C)c1ccc2ccccc2c1)c1ccc2ccccc2c1. The van der Waals surface area contributed by atoms with E-state index in [-0.39, 0.29) is 24.7 Å². The monoisotopic (exact) mass is 464 g/mol. The maximum absolute atomic E-state index is 12.2. The van der Waals surface area contributed by atoms with Crippen LogP contribution in [0.3, 0.4) is 0 Å². The van der Waals surface area contributed by atoms with Gasteiger partial charge in [-0.05, 0) is 65.1 Å². The van der Waals surface area contributed by atoms with Crippen molar-refractivity contribution < 1.29 is 9.59 Å². The number of hydrazone groups is 2. The number of hydrogen-bond acceptors (Lipinski definition) is 4. The topological polar surface area (TPSA) is 82.9 Å². The van der Waals surface area contributed by atoms with Gasteiger partial charge in [-0.3, -0.25) is 9.59 Å². The fourth-order valence-electron chi connectivity index (χ4n) is 3.77. The molecule has 4 rings (SSSR count). The quantitative estimate of drug-likeness (QED) is 0.265. The first-order valence-corrected chi connectivity index (χ1v) is 11.6. The smallest absolute Gasteiger partial charge is 0.240 e. The molecule has 0 aromatic heterocycles. The van der Waals surface area contributed by atoms with E-state index in [1.807, 2.05) is 86.6 Å². The number of rotatable bonds is 8. The van der Waals surface area contributed by atoms with Crippen LogP contribution in [0.5, 0.6) is 0 Å². The molecule has 0 radical (unpaired) electrons. The fourth-order valence-corrected chi connectivity index (χ4v) is 3.77. The number of carbonyl (C=O) groups excluding carboxylic acids is 2. The van der Waals surface area contributed by atoms with Crippen molar-refractivity contribution >= 4 is 44.8 Å². The van der Waals surface area contributed by atoms with Crippen molar-refractivity contribution in [1.29, 1.82) is 0 Å². The van der Waals surface area contributed by atoms with Gasteiger partial charge in [-0.15, -0.1) is 0 Å². The van der Waals surface area contributed by atoms with Crippen LogP contribution in [0.4, 0.5) is 0 Å². The minimum Gasteiger partial charge on any atom is -0.273 e. The van der Waals surface area contributed by atoms with Gasteiger partial charge in [-0.1, -0.05) is 72.8 Å². The van der Waals surface area contributed by atoms with Crippen LogP contribution in [0.2, 0.25) is 0 Å². The lowest BCUT2D eigenvalue weighted by Gasteiger charge is -2.06. The number of nitrogens with one attached hydrogen (secondary N) is 2. The summed E-state index contributed by atoms with van der Waals surface area (Å²) in [6, 6.07) is 28.3. The van der Waals surface area contributed by atoms with Gasteiger partial charge in [-0.2, -0.15) is 10.2 Å². The number of carbonyl (C=O) groups is 2. The van der Waals surface area contributed by atoms with Gasteiger partial charge >= 0.3 is 0 Å². The molecule has 0 aliphatic heterocycles. The van der Waals surface area contributed by atoms with Crippen molar-refractivity contribution in [3.8, 4) is 0 Å². The summed E-state index contributed by atoms with van der Waals surface area (Å²) in [6.07, 6.45) is 0.817. The maximum Gasteiger partial charge on any atom is 0.240 e. The van der Waals surface area contributed by atoms with E-state index in [1.54, 1.807) is 0 Å². The zero-order valence-electron chi connectivity index (χ0n) is 19.9. The third-order valence-electron chi connectivity index (χ3n) is 5.84. The normalized spacial score (nSPS) is 12.1. The van der Waals surface area contributed by atoms with Crippen LogP contribution >= 0.6 is 0 Å². The molecule has 0 aliphatic rings. The summed E-state index contributed by atoms with van der Waals surface area (Å²) in [5.41, 5.74) is 8.50. The molecular formula is C29H28N4O2. The fraction of sp³-hybridized carbons (Fsp3) is 0.172. The molecule has 35 heavy (non-hydrogen) atoms. The maximum atomic E-state index is 12.2. The molecule has 0 unspecified atom stereocenters. The summed E-state index contributed by atoms with van der Waals surface area (Å²) in [6.45, 7) is 3.71. The van der Waals surface area contributed by atoms with E-state index in [9.17, 15) is 9.59 Å². The zero-order valence-corrected chi connectivity index (χ0v) is 19.9. The van der Waals surface area contributed by atoms with E-state index in [4.69, 9.17) is 0 Å². The first-order valence-electron chi connectivity index (χ1n) is 11.6. The summed E-state index contributed by atoms with van der Waals surface area (Å²) >= 11 is 0. The summed E-state index contributed by atoms with van der Waals surface area (Å²) in [5, 5.41) is 13.0. The van der Waals surface area contributed by atoms with Crippen molar-refractivity contribution in [1.82, 2.24) is 10.9 Å². The molecule has 0 saturated carbocycles. The molecule has 6 nitrogen and oxygen atoms in total. The molecular weight excluding hydrogens is 436 g/mol. The van der Waals surface area contributed by atoms with E-state index in [2.05, 4.69) is 33.2 Å². The van der Waals surface area contributed by atoms with Gasteiger partial charge in [0.15, 0.2) is 0 Å². The second-order valence-corrected chi connectivity index (χ2v) is 8.44. The summed E-state index contributed by atoms with van der Waals surface area (Å²) in [7, 11) is 0. The highest BCUT2D eigenvalue weighted by Crippen LogP contribution is 2.17. The van der Waals surface area contributed by atoms with Gasteiger partial charge in [0.2, 0.25) is 11.8 Å². The highest BCUT2D eigenvalue weighted by Gasteiger charge is 2.06. The molecule has 0 fully saturated rings. The Kier molecular flexibility index (Phi) is 7.63. The molecule has 4 aromatic carbocycles. The van der Waals surface area contributed by atoms with E-state index in [0.717, 1.165) is 44.1 Å². The first-order chi connectivity index (χ1) is 17.0. The second kappa shape index (κ2) is 11.2. The highest BCUT2D eigenvalue weighted by atomic mass is 16.2. The standard InChI is InChI=1S/C29H28N4O2/c1-20(24-16-14-22-8-3-5-10-26(22)18-24)30-32-28(34)12-7-13-29(35)33-31-21(2)25-17-15-23-9-4-6-11-27(23)19-25/h3-6,8-11,14-19H,7,12-13H2,1-2H3,(H,32,34)(H,33,35). The molecule has 0 saturated heterocycles. The lowest BCUT2D eigenvalue weighted by molar-refractivity contribution is -0.122. The lowest BCUT2D eigenvalue weighted by atomic mass is 10.0. The predicted molar refractivity (Wildman–Crippen MR) is 142 cm³/mol. The van der Waals surface area contributed by atoms with Gasteiger partial charge in [0.05, 0.1) is 11.4 Å². The van der Waals surface area contributed by atoms with Crippen molar-refractivity contribution in [3.05, 3.63) is 96.1 Å². The van der Waals surface area contributed by atoms with Crippen molar-refractivity contribution in [2.45, 2.75) is 33.1 Å². The van der Waals surface area contributed by atoms with E-state index >= 15 is 0 Å². The number of hydrogen-bond donors (Lipinski definition) is 2. The van der Waals surface area contributed by atoms with Crippen LogP contribution < -0.4 is 10.9 Å². The van der Waals surface area contributed by atoms with Gasteiger partial charge in [0.1, 0.15) is 0 Å². The van der Waals surface area contributed by atoms with E-state index in [1.165, 1.54) is 0 Å². The largest absolute Gasteiger partial charge is 0.273 e. The molecule has 6 heteroatoms. The van der Waals surface area contributed by atoms with Gasteiger partial charge < -0.3 is 0 Å². The second-order valence-electron chi connectivity index (χ2n) is 8.44. The minimum atomic E-state index is -0.228. The Morgan fingerprint density at radius 1 is 0.600 bits per heavy atom. The molecule has 0 bridgehead atoms. The average Bonchev–Trinajstić information content (AvgIpc) is 2.89. The van der Waals surface area contributed by atoms with Crippen LogP contribution in [0, 0.1) is 0 Å². The van der Waals surface area contributed by atoms with Crippen LogP contribution in [0.25, 0.3) is 21.5 Å². The third kappa shape index (κ3) is 6.38. The van der Waals surface area contributed by atoms with Crippen LogP contribution in [-0.2, 0) is 9.59 Å². The van der Waals surface area contributed by atoms with Crippen molar-refractivity contribution in [2.75, 3.05) is 0 Å². The number of benzene rings is 4. The molecule has 4 aromatic rings. The molecule has 176 valence electrons. The summed E-state index contributed by atoms with van der Waals surface area (Å²) < 4.78 is 0. The van der Waals surface area contributed by atoms with Crippen molar-refractivity contribution in [3.63, 3.8) is 0 Å². The molecule has 0 spiro atoms. The molecule has 0 aliphatic carbocycles. The lowest BCUT2D eigenvalue weighted by Crippen LogP contribution is -2.21. The Labute approximate surface area is 204 Å². The van der Waals surface area contributed by atoms with E-state index < -0.39 is 0 Å². The predicted octanol–water partition coefficient (Wildman–Crippen LogP) is 5.54. The number of nitrogens with zero attached hydrogens (tertiary/aromatic N) is 2. The minimum absolute atomic E-state index is 0.204. The molecule has 0 heterocycles. The van der Waals surface area contributed by atoms with Crippen LogP contribution in [-0.4, -0.2) is 23.2 Å². The zero-order chi connectivity index (χ0) is 24.6. The van der Waals surface area contributed by atoms with E-state index in [0.29, 0.717) is 6.42 Å². The Hall–Kier alpha value is -4.32. The van der Waals surface area contributed by atoms with Crippen LogP contribution in [0.15, 0.2) is 95.1 Å². The van der Waals surface area contributed by atoms with Crippen molar-refractivity contribution in [2.24, 2.45) is 10.2 Å². The Bertz CT molecular complexity index is 1330. The number of fused-ring (bicyclic) bond motifs is 2. The highest BCUT2D eigenvalue weighted by molar-refractivity contribution is 6.03. The molecule has 2 N–H and O–H groups in total. The van der Waals surface area contributed by atoms with Crippen LogP contribution in [0.1, 0.15) is 44.2 Å². The molecule has 2 amide bonds.